The normalized spacial score (nSPS) is 22.0. The molecule has 1 aromatic carbocycles. The molecule has 21 heavy (non-hydrogen) atoms. The SMILES string of the molecule is COc1ccc(C(CC2CCS(=O)(=O)C2)NN)cc1OC. The molecule has 0 aromatic heterocycles. The van der Waals surface area contributed by atoms with Crippen LogP contribution in [0, 0.1) is 5.92 Å². The van der Waals surface area contributed by atoms with Gasteiger partial charge in [-0.15, -0.1) is 0 Å². The Morgan fingerprint density at radius 3 is 2.57 bits per heavy atom. The highest BCUT2D eigenvalue weighted by Gasteiger charge is 2.30. The summed E-state index contributed by atoms with van der Waals surface area (Å²) >= 11 is 0. The number of rotatable bonds is 6. The van der Waals surface area contributed by atoms with Crippen molar-refractivity contribution in [1.82, 2.24) is 5.43 Å². The van der Waals surface area contributed by atoms with Gasteiger partial charge >= 0.3 is 0 Å². The minimum atomic E-state index is -2.87. The van der Waals surface area contributed by atoms with Crippen LogP contribution in [0.25, 0.3) is 0 Å². The van der Waals surface area contributed by atoms with Gasteiger partial charge in [-0.05, 0) is 36.5 Å². The maximum absolute atomic E-state index is 11.5. The zero-order valence-electron chi connectivity index (χ0n) is 12.3. The van der Waals surface area contributed by atoms with E-state index in [1.54, 1.807) is 14.2 Å². The maximum Gasteiger partial charge on any atom is 0.161 e. The molecule has 1 aliphatic rings. The van der Waals surface area contributed by atoms with Gasteiger partial charge in [-0.3, -0.25) is 11.3 Å². The van der Waals surface area contributed by atoms with E-state index in [2.05, 4.69) is 5.43 Å². The fraction of sp³-hybridized carbons (Fsp3) is 0.571. The minimum absolute atomic E-state index is 0.108. The van der Waals surface area contributed by atoms with Crippen molar-refractivity contribution in [3.8, 4) is 11.5 Å². The van der Waals surface area contributed by atoms with E-state index >= 15 is 0 Å². The summed E-state index contributed by atoms with van der Waals surface area (Å²) < 4.78 is 33.6. The Bertz CT molecular complexity index is 589. The lowest BCUT2D eigenvalue weighted by atomic mass is 9.94. The largest absolute Gasteiger partial charge is 0.493 e. The fourth-order valence-corrected chi connectivity index (χ4v) is 4.64. The number of benzene rings is 1. The van der Waals surface area contributed by atoms with Gasteiger partial charge < -0.3 is 9.47 Å². The van der Waals surface area contributed by atoms with E-state index in [1.165, 1.54) is 0 Å². The lowest BCUT2D eigenvalue weighted by Crippen LogP contribution is -2.30. The van der Waals surface area contributed by atoms with Crippen LogP contribution in [-0.2, 0) is 9.84 Å². The molecular formula is C14H22N2O4S. The number of hydrazine groups is 1. The zero-order valence-corrected chi connectivity index (χ0v) is 13.2. The van der Waals surface area contributed by atoms with Crippen molar-refractivity contribution in [2.75, 3.05) is 25.7 Å². The number of methoxy groups -OCH3 is 2. The quantitative estimate of drug-likeness (QED) is 0.602. The Balaban J connectivity index is 2.14. The van der Waals surface area contributed by atoms with Crippen LogP contribution < -0.4 is 20.7 Å². The molecule has 1 aromatic rings. The first-order chi connectivity index (χ1) is 9.99. The first-order valence-electron chi connectivity index (χ1n) is 6.87. The topological polar surface area (TPSA) is 90.7 Å². The Morgan fingerprint density at radius 1 is 1.33 bits per heavy atom. The first kappa shape index (κ1) is 16.1. The van der Waals surface area contributed by atoms with Crippen molar-refractivity contribution in [2.24, 2.45) is 11.8 Å². The van der Waals surface area contributed by atoms with E-state index in [1.807, 2.05) is 18.2 Å². The molecule has 0 aliphatic carbocycles. The number of nitrogens with two attached hydrogens (primary N) is 1. The first-order valence-corrected chi connectivity index (χ1v) is 8.69. The molecule has 0 saturated carbocycles. The average Bonchev–Trinajstić information content (AvgIpc) is 2.83. The fourth-order valence-electron chi connectivity index (χ4n) is 2.76. The van der Waals surface area contributed by atoms with Gasteiger partial charge in [0, 0.05) is 6.04 Å². The Labute approximate surface area is 125 Å². The second-order valence-corrected chi connectivity index (χ2v) is 7.57. The predicted molar refractivity (Wildman–Crippen MR) is 81.0 cm³/mol. The molecular weight excluding hydrogens is 292 g/mol. The average molecular weight is 314 g/mol. The number of nitrogens with one attached hydrogen (secondary N) is 1. The second-order valence-electron chi connectivity index (χ2n) is 5.34. The summed E-state index contributed by atoms with van der Waals surface area (Å²) in [7, 11) is 0.294. The van der Waals surface area contributed by atoms with Gasteiger partial charge in [-0.25, -0.2) is 8.42 Å². The summed E-state index contributed by atoms with van der Waals surface area (Å²) in [6.07, 6.45) is 1.39. The van der Waals surface area contributed by atoms with Crippen LogP contribution >= 0.6 is 0 Å². The predicted octanol–water partition coefficient (Wildman–Crippen LogP) is 1.03. The maximum atomic E-state index is 11.5. The molecule has 1 saturated heterocycles. The van der Waals surface area contributed by atoms with Crippen molar-refractivity contribution in [1.29, 1.82) is 0 Å². The second kappa shape index (κ2) is 6.64. The van der Waals surface area contributed by atoms with Gasteiger partial charge in [0.1, 0.15) is 0 Å². The molecule has 2 rings (SSSR count). The van der Waals surface area contributed by atoms with E-state index in [-0.39, 0.29) is 23.5 Å². The third kappa shape index (κ3) is 3.87. The molecule has 1 heterocycles. The van der Waals surface area contributed by atoms with Gasteiger partial charge in [0.15, 0.2) is 21.3 Å². The summed E-state index contributed by atoms with van der Waals surface area (Å²) in [5, 5.41) is 0. The van der Waals surface area contributed by atoms with E-state index < -0.39 is 9.84 Å². The van der Waals surface area contributed by atoms with Crippen molar-refractivity contribution < 1.29 is 17.9 Å². The van der Waals surface area contributed by atoms with Crippen molar-refractivity contribution in [3.63, 3.8) is 0 Å². The molecule has 1 fully saturated rings. The molecule has 2 atom stereocenters. The molecule has 1 aliphatic heterocycles. The van der Waals surface area contributed by atoms with Crippen LogP contribution in [-0.4, -0.2) is 34.1 Å². The van der Waals surface area contributed by atoms with Gasteiger partial charge in [-0.2, -0.15) is 0 Å². The minimum Gasteiger partial charge on any atom is -0.493 e. The highest BCUT2D eigenvalue weighted by Crippen LogP contribution is 2.33. The van der Waals surface area contributed by atoms with Crippen molar-refractivity contribution >= 4 is 9.84 Å². The molecule has 118 valence electrons. The Morgan fingerprint density at radius 2 is 2.05 bits per heavy atom. The van der Waals surface area contributed by atoms with E-state index in [0.29, 0.717) is 24.3 Å². The summed E-state index contributed by atoms with van der Waals surface area (Å²) in [5.74, 6) is 7.60. The van der Waals surface area contributed by atoms with E-state index in [0.717, 1.165) is 5.56 Å². The van der Waals surface area contributed by atoms with Crippen LogP contribution in [0.15, 0.2) is 18.2 Å². The van der Waals surface area contributed by atoms with Crippen LogP contribution in [0.5, 0.6) is 11.5 Å². The number of hydrogen-bond donors (Lipinski definition) is 2. The highest BCUT2D eigenvalue weighted by molar-refractivity contribution is 7.91. The van der Waals surface area contributed by atoms with Crippen LogP contribution in [0.4, 0.5) is 0 Å². The summed E-state index contributed by atoms with van der Waals surface area (Å²) in [5.41, 5.74) is 3.73. The van der Waals surface area contributed by atoms with E-state index in [4.69, 9.17) is 15.3 Å². The third-order valence-corrected chi connectivity index (χ3v) is 5.74. The van der Waals surface area contributed by atoms with Gasteiger partial charge in [0.05, 0.1) is 25.7 Å². The van der Waals surface area contributed by atoms with Gasteiger partial charge in [0.25, 0.3) is 0 Å². The monoisotopic (exact) mass is 314 g/mol. The molecule has 7 heteroatoms. The highest BCUT2D eigenvalue weighted by atomic mass is 32.2. The summed E-state index contributed by atoms with van der Waals surface area (Å²) in [4.78, 5) is 0. The van der Waals surface area contributed by atoms with Crippen molar-refractivity contribution in [3.05, 3.63) is 23.8 Å². The van der Waals surface area contributed by atoms with Crippen LogP contribution in [0.1, 0.15) is 24.4 Å². The molecule has 0 spiro atoms. The van der Waals surface area contributed by atoms with Crippen molar-refractivity contribution in [2.45, 2.75) is 18.9 Å². The smallest absolute Gasteiger partial charge is 0.161 e. The van der Waals surface area contributed by atoms with Gasteiger partial charge in [-0.1, -0.05) is 6.07 Å². The third-order valence-electron chi connectivity index (χ3n) is 3.91. The molecule has 0 bridgehead atoms. The lowest BCUT2D eigenvalue weighted by Gasteiger charge is -2.20. The van der Waals surface area contributed by atoms with Crippen LogP contribution in [0.2, 0.25) is 0 Å². The molecule has 2 unspecified atom stereocenters. The molecule has 6 nitrogen and oxygen atoms in total. The number of hydrogen-bond acceptors (Lipinski definition) is 6. The number of sulfone groups is 1. The van der Waals surface area contributed by atoms with Gasteiger partial charge in [0.2, 0.25) is 0 Å². The van der Waals surface area contributed by atoms with E-state index in [9.17, 15) is 8.42 Å². The standard InChI is InChI=1S/C14H22N2O4S/c1-19-13-4-3-11(8-14(13)20-2)12(16-15)7-10-5-6-21(17,18)9-10/h3-4,8,10,12,16H,5-7,9,15H2,1-2H3. The number of ether oxygens (including phenoxy) is 2. The zero-order chi connectivity index (χ0) is 15.5. The lowest BCUT2D eigenvalue weighted by molar-refractivity contribution is 0.352. The Kier molecular flexibility index (Phi) is 5.08. The summed E-state index contributed by atoms with van der Waals surface area (Å²) in [6, 6.07) is 5.49. The molecule has 3 N–H and O–H groups in total. The van der Waals surface area contributed by atoms with Crippen LogP contribution in [0.3, 0.4) is 0 Å². The molecule has 0 radical (unpaired) electrons. The molecule has 0 amide bonds. The Hall–Kier alpha value is -1.31. The summed E-state index contributed by atoms with van der Waals surface area (Å²) in [6.45, 7) is 0.